The van der Waals surface area contributed by atoms with Crippen molar-refractivity contribution in [3.8, 4) is 0 Å². The van der Waals surface area contributed by atoms with Gasteiger partial charge in [-0.1, -0.05) is 59.3 Å². The summed E-state index contributed by atoms with van der Waals surface area (Å²) in [6, 6.07) is 0.365. The summed E-state index contributed by atoms with van der Waals surface area (Å²) < 4.78 is 0. The first-order valence-corrected chi connectivity index (χ1v) is 8.09. The molecule has 0 aromatic carbocycles. The molecule has 0 fully saturated rings. The lowest BCUT2D eigenvalue weighted by atomic mass is 10.1. The monoisotopic (exact) mass is 271 g/mol. The van der Waals surface area contributed by atoms with E-state index in [-0.39, 0.29) is 5.97 Å². The topological polar surface area (TPSA) is 29.5 Å². The molecular formula is C16H33NO2. The minimum absolute atomic E-state index is 0.0750. The van der Waals surface area contributed by atoms with Crippen molar-refractivity contribution in [3.05, 3.63) is 0 Å². The van der Waals surface area contributed by atoms with Crippen LogP contribution in [0.5, 0.6) is 0 Å². The summed E-state index contributed by atoms with van der Waals surface area (Å²) in [5, 5.41) is 1.77. The van der Waals surface area contributed by atoms with Crippen LogP contribution in [-0.4, -0.2) is 24.1 Å². The van der Waals surface area contributed by atoms with Crippen molar-refractivity contribution in [2.75, 3.05) is 7.05 Å². The van der Waals surface area contributed by atoms with Gasteiger partial charge in [-0.05, 0) is 19.3 Å². The maximum Gasteiger partial charge on any atom is 0.325 e. The Morgan fingerprint density at radius 3 is 2.21 bits per heavy atom. The van der Waals surface area contributed by atoms with Gasteiger partial charge in [-0.25, -0.2) is 0 Å². The molecule has 19 heavy (non-hydrogen) atoms. The van der Waals surface area contributed by atoms with Crippen molar-refractivity contribution in [2.24, 2.45) is 0 Å². The van der Waals surface area contributed by atoms with Crippen molar-refractivity contribution < 1.29 is 9.63 Å². The molecular weight excluding hydrogens is 238 g/mol. The molecule has 0 saturated heterocycles. The number of unbranched alkanes of at least 4 members (excludes halogenated alkanes) is 5. The van der Waals surface area contributed by atoms with E-state index >= 15 is 0 Å². The zero-order valence-electron chi connectivity index (χ0n) is 13.4. The van der Waals surface area contributed by atoms with Crippen LogP contribution in [0.1, 0.15) is 85.0 Å². The van der Waals surface area contributed by atoms with Crippen LogP contribution in [0, 0.1) is 0 Å². The SMILES string of the molecule is CCCCCCCC(=O)ON(C)C(CC)CCCC. The standard InChI is InChI=1S/C16H33NO2/c1-5-8-10-11-12-14-16(18)19-17(4)15(7-3)13-9-6-2/h15H,5-14H2,1-4H3. The molecule has 0 aliphatic carbocycles. The Hall–Kier alpha value is -0.570. The highest BCUT2D eigenvalue weighted by Gasteiger charge is 2.16. The van der Waals surface area contributed by atoms with Gasteiger partial charge >= 0.3 is 5.97 Å². The highest BCUT2D eigenvalue weighted by Crippen LogP contribution is 2.12. The first-order valence-electron chi connectivity index (χ1n) is 8.09. The fourth-order valence-corrected chi connectivity index (χ4v) is 2.24. The van der Waals surface area contributed by atoms with Gasteiger partial charge in [0.1, 0.15) is 0 Å². The van der Waals surface area contributed by atoms with Crippen molar-refractivity contribution >= 4 is 5.97 Å². The summed E-state index contributed by atoms with van der Waals surface area (Å²) in [7, 11) is 1.89. The highest BCUT2D eigenvalue weighted by molar-refractivity contribution is 5.68. The van der Waals surface area contributed by atoms with Crippen molar-refractivity contribution in [3.63, 3.8) is 0 Å². The smallest absolute Gasteiger partial charge is 0.325 e. The molecule has 3 nitrogen and oxygen atoms in total. The summed E-state index contributed by atoms with van der Waals surface area (Å²) in [6.45, 7) is 6.54. The van der Waals surface area contributed by atoms with E-state index in [1.807, 2.05) is 7.05 Å². The van der Waals surface area contributed by atoms with E-state index in [1.165, 1.54) is 32.1 Å². The van der Waals surface area contributed by atoms with Crippen molar-refractivity contribution in [1.82, 2.24) is 5.06 Å². The molecule has 1 atom stereocenters. The van der Waals surface area contributed by atoms with E-state index < -0.39 is 0 Å². The molecule has 0 N–H and O–H groups in total. The lowest BCUT2D eigenvalue weighted by molar-refractivity contribution is -0.195. The van der Waals surface area contributed by atoms with Gasteiger partial charge in [0.05, 0.1) is 0 Å². The predicted molar refractivity (Wildman–Crippen MR) is 80.8 cm³/mol. The van der Waals surface area contributed by atoms with Gasteiger partial charge in [0.25, 0.3) is 0 Å². The Bertz CT molecular complexity index is 219. The fourth-order valence-electron chi connectivity index (χ4n) is 2.24. The zero-order chi connectivity index (χ0) is 14.5. The molecule has 3 heteroatoms. The number of rotatable bonds is 12. The molecule has 0 bridgehead atoms. The van der Waals surface area contributed by atoms with E-state index in [1.54, 1.807) is 5.06 Å². The quantitative estimate of drug-likeness (QED) is 0.380. The summed E-state index contributed by atoms with van der Waals surface area (Å²) in [5.74, 6) is -0.0750. The third-order valence-corrected chi connectivity index (χ3v) is 3.61. The minimum atomic E-state index is -0.0750. The zero-order valence-corrected chi connectivity index (χ0v) is 13.4. The van der Waals surface area contributed by atoms with E-state index in [9.17, 15) is 4.79 Å². The van der Waals surface area contributed by atoms with Crippen LogP contribution in [-0.2, 0) is 9.63 Å². The molecule has 0 radical (unpaired) electrons. The number of carbonyl (C=O) groups excluding carboxylic acids is 1. The Labute approximate surface area is 119 Å². The second-order valence-electron chi connectivity index (χ2n) is 5.38. The first-order chi connectivity index (χ1) is 9.15. The second kappa shape index (κ2) is 12.5. The normalized spacial score (nSPS) is 12.7. The largest absolute Gasteiger partial charge is 0.368 e. The number of hydroxylamine groups is 2. The van der Waals surface area contributed by atoms with Crippen LogP contribution >= 0.6 is 0 Å². The molecule has 0 aliphatic rings. The minimum Gasteiger partial charge on any atom is -0.368 e. The molecule has 0 amide bonds. The molecule has 0 rings (SSSR count). The summed E-state index contributed by atoms with van der Waals surface area (Å²) in [5.41, 5.74) is 0. The maximum absolute atomic E-state index is 11.7. The molecule has 0 aromatic heterocycles. The summed E-state index contributed by atoms with van der Waals surface area (Å²) in [6.07, 6.45) is 10.9. The molecule has 0 saturated carbocycles. The molecule has 1 unspecified atom stereocenters. The van der Waals surface area contributed by atoms with Crippen LogP contribution in [0.2, 0.25) is 0 Å². The Kier molecular flexibility index (Phi) is 12.1. The van der Waals surface area contributed by atoms with Gasteiger partial charge in [0, 0.05) is 19.5 Å². The average Bonchev–Trinajstić information content (AvgIpc) is 2.39. The molecule has 0 aliphatic heterocycles. The first kappa shape index (κ1) is 18.4. The Balaban J connectivity index is 3.76. The molecule has 114 valence electrons. The number of hydrogen-bond acceptors (Lipinski definition) is 3. The van der Waals surface area contributed by atoms with Crippen LogP contribution in [0.15, 0.2) is 0 Å². The number of carbonyl (C=O) groups is 1. The maximum atomic E-state index is 11.7. The molecule has 0 heterocycles. The molecule has 0 spiro atoms. The van der Waals surface area contributed by atoms with Gasteiger partial charge in [0.2, 0.25) is 0 Å². The van der Waals surface area contributed by atoms with Gasteiger partial charge in [-0.15, -0.1) is 5.06 Å². The highest BCUT2D eigenvalue weighted by atomic mass is 16.7. The second-order valence-corrected chi connectivity index (χ2v) is 5.38. The lowest BCUT2D eigenvalue weighted by Gasteiger charge is -2.25. The van der Waals surface area contributed by atoms with Crippen LogP contribution in [0.25, 0.3) is 0 Å². The third kappa shape index (κ3) is 9.94. The third-order valence-electron chi connectivity index (χ3n) is 3.61. The van der Waals surface area contributed by atoms with Gasteiger partial charge in [-0.3, -0.25) is 4.79 Å². The average molecular weight is 271 g/mol. The van der Waals surface area contributed by atoms with E-state index in [0.29, 0.717) is 12.5 Å². The van der Waals surface area contributed by atoms with E-state index in [4.69, 9.17) is 4.84 Å². The van der Waals surface area contributed by atoms with Crippen LogP contribution in [0.3, 0.4) is 0 Å². The van der Waals surface area contributed by atoms with E-state index in [2.05, 4.69) is 20.8 Å². The number of nitrogens with zero attached hydrogens (tertiary/aromatic N) is 1. The van der Waals surface area contributed by atoms with Crippen molar-refractivity contribution in [1.29, 1.82) is 0 Å². The Morgan fingerprint density at radius 1 is 1.00 bits per heavy atom. The fraction of sp³-hybridized carbons (Fsp3) is 0.938. The van der Waals surface area contributed by atoms with Crippen LogP contribution in [0.4, 0.5) is 0 Å². The predicted octanol–water partition coefficient (Wildman–Crippen LogP) is 4.71. The summed E-state index contributed by atoms with van der Waals surface area (Å²) in [4.78, 5) is 17.1. The number of hydrogen-bond donors (Lipinski definition) is 0. The van der Waals surface area contributed by atoms with Crippen LogP contribution < -0.4 is 0 Å². The van der Waals surface area contributed by atoms with Gasteiger partial charge < -0.3 is 4.84 Å². The molecule has 0 aromatic rings. The summed E-state index contributed by atoms with van der Waals surface area (Å²) >= 11 is 0. The van der Waals surface area contributed by atoms with Gasteiger partial charge in [0.15, 0.2) is 0 Å². The lowest BCUT2D eigenvalue weighted by Crippen LogP contribution is -2.33. The Morgan fingerprint density at radius 2 is 1.63 bits per heavy atom. The van der Waals surface area contributed by atoms with Crippen molar-refractivity contribution in [2.45, 2.75) is 91.0 Å². The van der Waals surface area contributed by atoms with E-state index in [0.717, 1.165) is 25.7 Å². The van der Waals surface area contributed by atoms with Gasteiger partial charge in [-0.2, -0.15) is 0 Å².